The second-order valence-corrected chi connectivity index (χ2v) is 6.63. The lowest BCUT2D eigenvalue weighted by atomic mass is 10.0. The van der Waals surface area contributed by atoms with Crippen LogP contribution in [-0.4, -0.2) is 25.8 Å². The third kappa shape index (κ3) is 7.53. The van der Waals surface area contributed by atoms with E-state index in [2.05, 4.69) is 13.8 Å². The molecule has 1 atom stereocenters. The highest BCUT2D eigenvalue weighted by Gasteiger charge is 2.09. The quantitative estimate of drug-likeness (QED) is 0.274. The second kappa shape index (κ2) is 12.3. The van der Waals surface area contributed by atoms with E-state index < -0.39 is 5.97 Å². The highest BCUT2D eigenvalue weighted by atomic mass is 17.2. The van der Waals surface area contributed by atoms with Gasteiger partial charge in [0.05, 0.1) is 12.2 Å². The summed E-state index contributed by atoms with van der Waals surface area (Å²) in [5, 5.41) is 0. The van der Waals surface area contributed by atoms with Crippen molar-refractivity contribution >= 4 is 5.97 Å². The van der Waals surface area contributed by atoms with Crippen LogP contribution in [-0.2, 0) is 14.5 Å². The third-order valence-corrected chi connectivity index (χ3v) is 4.57. The van der Waals surface area contributed by atoms with Crippen LogP contribution in [0.3, 0.4) is 0 Å². The van der Waals surface area contributed by atoms with Crippen molar-refractivity contribution in [3.63, 3.8) is 0 Å². The van der Waals surface area contributed by atoms with E-state index in [-0.39, 0.29) is 6.61 Å². The molecule has 4 heteroatoms. The van der Waals surface area contributed by atoms with Crippen molar-refractivity contribution in [2.75, 3.05) is 19.8 Å². The largest absolute Gasteiger partial charge is 0.379 e. The smallest absolute Gasteiger partial charge is 0.373 e. The van der Waals surface area contributed by atoms with Crippen molar-refractivity contribution in [1.29, 1.82) is 0 Å². The maximum absolute atomic E-state index is 12.0. The summed E-state index contributed by atoms with van der Waals surface area (Å²) >= 11 is 0. The zero-order valence-electron chi connectivity index (χ0n) is 16.4. The molecule has 0 saturated heterocycles. The average Bonchev–Trinajstić information content (AvgIpc) is 2.73. The Kier molecular flexibility index (Phi) is 9.60. The lowest BCUT2D eigenvalue weighted by Gasteiger charge is -2.14. The molecule has 0 aliphatic carbocycles. The molecule has 0 aliphatic rings. The Bertz CT molecular complexity index is 652. The monoisotopic (exact) mass is 370 g/mol. The number of carbonyl (C=O) groups excluding carboxylic acids is 1. The molecule has 4 nitrogen and oxygen atoms in total. The molecule has 0 bridgehead atoms. The van der Waals surface area contributed by atoms with E-state index in [1.165, 1.54) is 19.3 Å². The second-order valence-electron chi connectivity index (χ2n) is 6.63. The van der Waals surface area contributed by atoms with E-state index >= 15 is 0 Å². The van der Waals surface area contributed by atoms with Crippen LogP contribution in [0.25, 0.3) is 11.1 Å². The molecule has 0 fully saturated rings. The van der Waals surface area contributed by atoms with Gasteiger partial charge in [0.25, 0.3) is 0 Å². The molecule has 146 valence electrons. The number of carbonyl (C=O) groups is 1. The van der Waals surface area contributed by atoms with Crippen molar-refractivity contribution < 1.29 is 19.3 Å². The molecule has 2 aromatic carbocycles. The molecule has 0 radical (unpaired) electrons. The van der Waals surface area contributed by atoms with Crippen LogP contribution < -0.4 is 0 Å². The highest BCUT2D eigenvalue weighted by Crippen LogP contribution is 2.19. The Morgan fingerprint density at radius 3 is 2.30 bits per heavy atom. The highest BCUT2D eigenvalue weighted by molar-refractivity contribution is 5.89. The van der Waals surface area contributed by atoms with Gasteiger partial charge in [0.2, 0.25) is 0 Å². The molecule has 0 amide bonds. The summed E-state index contributed by atoms with van der Waals surface area (Å²) in [5.74, 6) is 0.0969. The van der Waals surface area contributed by atoms with Gasteiger partial charge in [0.15, 0.2) is 0 Å². The summed E-state index contributed by atoms with van der Waals surface area (Å²) in [7, 11) is 0. The zero-order chi connectivity index (χ0) is 19.3. The summed E-state index contributed by atoms with van der Waals surface area (Å²) in [5.41, 5.74) is 2.62. The van der Waals surface area contributed by atoms with Crippen LogP contribution in [0.5, 0.6) is 0 Å². The van der Waals surface area contributed by atoms with Crippen LogP contribution >= 0.6 is 0 Å². The maximum Gasteiger partial charge on any atom is 0.373 e. The van der Waals surface area contributed by atoms with Crippen molar-refractivity contribution in [3.8, 4) is 11.1 Å². The molecule has 0 saturated carbocycles. The summed E-state index contributed by atoms with van der Waals surface area (Å²) in [4.78, 5) is 21.8. The van der Waals surface area contributed by atoms with Crippen LogP contribution in [0.4, 0.5) is 0 Å². The molecular formula is C23H30O4. The van der Waals surface area contributed by atoms with Gasteiger partial charge in [-0.15, -0.1) is 0 Å². The molecule has 0 N–H and O–H groups in total. The number of rotatable bonds is 12. The predicted octanol–water partition coefficient (Wildman–Crippen LogP) is 5.68. The summed E-state index contributed by atoms with van der Waals surface area (Å²) in [6.07, 6.45) is 4.76. The molecule has 2 rings (SSSR count). The van der Waals surface area contributed by atoms with Gasteiger partial charge in [0.1, 0.15) is 6.61 Å². The van der Waals surface area contributed by atoms with Crippen LogP contribution in [0.1, 0.15) is 49.9 Å². The normalized spacial score (nSPS) is 11.9. The van der Waals surface area contributed by atoms with Crippen molar-refractivity contribution in [2.45, 2.75) is 39.5 Å². The van der Waals surface area contributed by atoms with Gasteiger partial charge in [-0.2, -0.15) is 4.89 Å². The van der Waals surface area contributed by atoms with E-state index in [1.54, 1.807) is 12.1 Å². The van der Waals surface area contributed by atoms with Crippen molar-refractivity contribution in [1.82, 2.24) is 0 Å². The maximum atomic E-state index is 12.0. The Morgan fingerprint density at radius 2 is 1.63 bits per heavy atom. The first-order valence-electron chi connectivity index (χ1n) is 9.81. The van der Waals surface area contributed by atoms with Crippen molar-refractivity contribution in [3.05, 3.63) is 60.2 Å². The zero-order valence-corrected chi connectivity index (χ0v) is 16.4. The first-order chi connectivity index (χ1) is 13.2. The Hall–Kier alpha value is -2.17. The Balaban J connectivity index is 1.66. The number of hydrogen-bond acceptors (Lipinski definition) is 4. The molecule has 27 heavy (non-hydrogen) atoms. The first-order valence-corrected chi connectivity index (χ1v) is 9.81. The minimum Gasteiger partial charge on any atom is -0.379 e. The standard InChI is InChI=1S/C23H30O4/c1-3-5-9-19(4-2)18-25-16-17-26-27-23(24)22-14-12-21(13-15-22)20-10-7-6-8-11-20/h6-8,10-15,19H,3-5,9,16-18H2,1-2H3. The van der Waals surface area contributed by atoms with E-state index in [1.807, 2.05) is 42.5 Å². The van der Waals surface area contributed by atoms with Crippen LogP contribution in [0.15, 0.2) is 54.6 Å². The summed E-state index contributed by atoms with van der Waals surface area (Å²) < 4.78 is 5.62. The van der Waals surface area contributed by atoms with E-state index in [9.17, 15) is 4.79 Å². The lowest BCUT2D eigenvalue weighted by Crippen LogP contribution is -2.14. The van der Waals surface area contributed by atoms with Gasteiger partial charge in [-0.1, -0.05) is 75.6 Å². The molecule has 0 aromatic heterocycles. The van der Waals surface area contributed by atoms with E-state index in [0.717, 1.165) is 24.2 Å². The minimum absolute atomic E-state index is 0.234. The molecule has 2 aromatic rings. The Labute approximate surface area is 162 Å². The number of benzene rings is 2. The molecule has 1 unspecified atom stereocenters. The molecule has 0 spiro atoms. The fourth-order valence-corrected chi connectivity index (χ4v) is 2.81. The van der Waals surface area contributed by atoms with Crippen LogP contribution in [0, 0.1) is 5.92 Å². The summed E-state index contributed by atoms with van der Waals surface area (Å²) in [6, 6.07) is 17.3. The number of unbranched alkanes of at least 4 members (excludes halogenated alkanes) is 1. The van der Waals surface area contributed by atoms with Gasteiger partial charge in [-0.3, -0.25) is 4.89 Å². The van der Waals surface area contributed by atoms with Gasteiger partial charge >= 0.3 is 5.97 Å². The first kappa shape index (κ1) is 21.1. The fourth-order valence-electron chi connectivity index (χ4n) is 2.81. The minimum atomic E-state index is -0.496. The third-order valence-electron chi connectivity index (χ3n) is 4.57. The Morgan fingerprint density at radius 1 is 0.926 bits per heavy atom. The number of ether oxygens (including phenoxy) is 1. The van der Waals surface area contributed by atoms with Gasteiger partial charge in [-0.05, 0) is 35.6 Å². The fraction of sp³-hybridized carbons (Fsp3) is 0.435. The van der Waals surface area contributed by atoms with Gasteiger partial charge in [-0.25, -0.2) is 4.79 Å². The van der Waals surface area contributed by atoms with Crippen LogP contribution in [0.2, 0.25) is 0 Å². The number of hydrogen-bond donors (Lipinski definition) is 0. The topological polar surface area (TPSA) is 44.8 Å². The van der Waals surface area contributed by atoms with Crippen molar-refractivity contribution in [2.24, 2.45) is 5.92 Å². The van der Waals surface area contributed by atoms with E-state index in [0.29, 0.717) is 18.1 Å². The van der Waals surface area contributed by atoms with Gasteiger partial charge < -0.3 is 4.74 Å². The van der Waals surface area contributed by atoms with E-state index in [4.69, 9.17) is 14.5 Å². The summed E-state index contributed by atoms with van der Waals surface area (Å²) in [6.45, 7) is 5.77. The molecule has 0 heterocycles. The van der Waals surface area contributed by atoms with Gasteiger partial charge in [0, 0.05) is 6.61 Å². The predicted molar refractivity (Wildman–Crippen MR) is 107 cm³/mol. The average molecular weight is 370 g/mol. The SMILES string of the molecule is CCCCC(CC)COCCOOC(=O)c1ccc(-c2ccccc2)cc1. The molecule has 0 aliphatic heterocycles. The lowest BCUT2D eigenvalue weighted by molar-refractivity contribution is -0.247. The molecular weight excluding hydrogens is 340 g/mol.